The number of thioether (sulfide) groups is 1. The van der Waals surface area contributed by atoms with Crippen LogP contribution in [0.2, 0.25) is 0 Å². The third-order valence-electron chi connectivity index (χ3n) is 3.56. The second-order valence-corrected chi connectivity index (χ2v) is 8.42. The Balaban J connectivity index is 2.18. The van der Waals surface area contributed by atoms with Gasteiger partial charge in [-0.05, 0) is 12.8 Å². The van der Waals surface area contributed by atoms with E-state index in [2.05, 4.69) is 58.1 Å². The molecule has 2 heterocycles. The molecule has 2 aromatic rings. The van der Waals surface area contributed by atoms with E-state index in [-0.39, 0.29) is 13.2 Å². The number of ether oxygens (including phenoxy) is 1. The van der Waals surface area contributed by atoms with Gasteiger partial charge >= 0.3 is 11.9 Å². The highest BCUT2D eigenvalue weighted by atomic mass is 32.2. The molecular weight excluding hydrogens is 380 g/mol. The zero-order valence-corrected chi connectivity index (χ0v) is 17.8. The largest absolute Gasteiger partial charge is 0.459 e. The first-order valence-corrected chi connectivity index (χ1v) is 10.3. The second-order valence-electron chi connectivity index (χ2n) is 6.88. The number of fused-ring (bicyclic) bond motifs is 1. The van der Waals surface area contributed by atoms with Crippen molar-refractivity contribution in [3.05, 3.63) is 6.20 Å². The second kappa shape index (κ2) is 10.3. The fraction of sp³-hybridized carbons (Fsp3) is 0.611. The predicted molar refractivity (Wildman–Crippen MR) is 109 cm³/mol. The molecule has 0 saturated heterocycles. The van der Waals surface area contributed by atoms with Gasteiger partial charge in [-0.15, -0.1) is 0 Å². The van der Waals surface area contributed by atoms with Crippen LogP contribution in [0.1, 0.15) is 34.6 Å². The van der Waals surface area contributed by atoms with Crippen molar-refractivity contribution < 1.29 is 14.3 Å². The highest BCUT2D eigenvalue weighted by molar-refractivity contribution is 7.99. The molecule has 0 atom stereocenters. The molecule has 0 saturated carbocycles. The van der Waals surface area contributed by atoms with Crippen LogP contribution in [-0.4, -0.2) is 56.6 Å². The zero-order chi connectivity index (χ0) is 20.7. The van der Waals surface area contributed by atoms with Crippen molar-refractivity contribution >= 4 is 40.5 Å². The monoisotopic (exact) mass is 408 g/mol. The molecule has 0 unspecified atom stereocenters. The quantitative estimate of drug-likeness (QED) is 0.281. The van der Waals surface area contributed by atoms with Crippen LogP contribution in [0.3, 0.4) is 0 Å². The molecule has 2 rings (SSSR count). The van der Waals surface area contributed by atoms with Crippen LogP contribution in [0.5, 0.6) is 0 Å². The number of hydrogen-bond donors (Lipinski definition) is 2. The lowest BCUT2D eigenvalue weighted by atomic mass is 10.2. The van der Waals surface area contributed by atoms with Gasteiger partial charge in [-0.3, -0.25) is 4.79 Å². The van der Waals surface area contributed by atoms with Gasteiger partial charge in [0.25, 0.3) is 0 Å². The molecule has 0 aliphatic rings. The Morgan fingerprint density at radius 1 is 1.25 bits per heavy atom. The number of esters is 1. The Labute approximate surface area is 169 Å². The van der Waals surface area contributed by atoms with Gasteiger partial charge in [-0.1, -0.05) is 39.5 Å². The molecule has 28 heavy (non-hydrogen) atoms. The van der Waals surface area contributed by atoms with Crippen molar-refractivity contribution in [1.82, 2.24) is 25.1 Å². The summed E-state index contributed by atoms with van der Waals surface area (Å²) in [6.07, 6.45) is 1.72. The van der Waals surface area contributed by atoms with Crippen LogP contribution in [-0.2, 0) is 20.9 Å². The number of nitrogens with zero attached hydrogens (tertiary/aromatic N) is 4. The topological polar surface area (TPSA) is 111 Å². The van der Waals surface area contributed by atoms with Crippen molar-refractivity contribution in [3.63, 3.8) is 0 Å². The van der Waals surface area contributed by atoms with Gasteiger partial charge in [0.1, 0.15) is 5.82 Å². The third-order valence-corrected chi connectivity index (χ3v) is 4.43. The van der Waals surface area contributed by atoms with E-state index in [1.807, 2.05) is 0 Å². The molecule has 1 amide bonds. The lowest BCUT2D eigenvalue weighted by Gasteiger charge is -2.12. The Bertz CT molecular complexity index is 821. The number of rotatable bonds is 9. The number of amides is 1. The van der Waals surface area contributed by atoms with Gasteiger partial charge in [-0.2, -0.15) is 5.10 Å². The van der Waals surface area contributed by atoms with Gasteiger partial charge in [0.2, 0.25) is 0 Å². The van der Waals surface area contributed by atoms with Crippen molar-refractivity contribution in [1.29, 1.82) is 0 Å². The summed E-state index contributed by atoms with van der Waals surface area (Å²) in [6, 6.07) is 0. The van der Waals surface area contributed by atoms with Crippen LogP contribution < -0.4 is 10.6 Å². The van der Waals surface area contributed by atoms with Gasteiger partial charge in [0, 0.05) is 18.3 Å². The van der Waals surface area contributed by atoms with E-state index in [1.54, 1.807) is 29.6 Å². The summed E-state index contributed by atoms with van der Waals surface area (Å²) in [5.74, 6) is -0.419. The van der Waals surface area contributed by atoms with E-state index < -0.39 is 11.9 Å². The van der Waals surface area contributed by atoms with E-state index in [0.29, 0.717) is 28.5 Å². The molecule has 0 radical (unpaired) electrons. The standard InChI is InChI=1S/C18H28N6O3S/c1-6-27-17(26)16(25)19-7-8-24-15-13(10-21-24)14(20-9-11(2)3)22-18(23-15)28-12(4)5/h10-12H,6-9H2,1-5H3,(H,19,25)(H,20,22,23). The highest BCUT2D eigenvalue weighted by Crippen LogP contribution is 2.26. The van der Waals surface area contributed by atoms with Crippen molar-refractivity contribution in [2.24, 2.45) is 5.92 Å². The maximum atomic E-state index is 11.6. The van der Waals surface area contributed by atoms with E-state index in [9.17, 15) is 9.59 Å². The summed E-state index contributed by atoms with van der Waals surface area (Å²) in [5.41, 5.74) is 0.690. The Hall–Kier alpha value is -2.36. The molecule has 2 aromatic heterocycles. The summed E-state index contributed by atoms with van der Waals surface area (Å²) in [5, 5.41) is 12.1. The molecule has 0 aromatic carbocycles. The normalized spacial score (nSPS) is 11.2. The van der Waals surface area contributed by atoms with Gasteiger partial charge in [0.15, 0.2) is 10.8 Å². The number of hydrogen-bond acceptors (Lipinski definition) is 8. The molecule has 0 aliphatic heterocycles. The molecule has 0 spiro atoms. The zero-order valence-electron chi connectivity index (χ0n) is 17.0. The third kappa shape index (κ3) is 6.08. The van der Waals surface area contributed by atoms with Crippen LogP contribution in [0.25, 0.3) is 11.0 Å². The maximum absolute atomic E-state index is 11.6. The summed E-state index contributed by atoms with van der Waals surface area (Å²) in [4.78, 5) is 32.3. The average Bonchev–Trinajstić information content (AvgIpc) is 3.02. The molecule has 2 N–H and O–H groups in total. The molecule has 0 bridgehead atoms. The number of carbonyl (C=O) groups excluding carboxylic acids is 2. The fourth-order valence-corrected chi connectivity index (χ4v) is 3.05. The number of aromatic nitrogens is 4. The molecular formula is C18H28N6O3S. The van der Waals surface area contributed by atoms with Crippen LogP contribution in [0, 0.1) is 5.92 Å². The molecule has 0 aliphatic carbocycles. The van der Waals surface area contributed by atoms with E-state index in [1.165, 1.54) is 0 Å². The van der Waals surface area contributed by atoms with E-state index >= 15 is 0 Å². The Morgan fingerprint density at radius 2 is 2.00 bits per heavy atom. The van der Waals surface area contributed by atoms with Crippen molar-refractivity contribution in [2.75, 3.05) is 25.0 Å². The number of nitrogens with one attached hydrogen (secondary N) is 2. The number of anilines is 1. The fourth-order valence-electron chi connectivity index (χ4n) is 2.34. The molecule has 154 valence electrons. The predicted octanol–water partition coefficient (Wildman–Crippen LogP) is 2.07. The smallest absolute Gasteiger partial charge is 0.396 e. The SMILES string of the molecule is CCOC(=O)C(=O)NCCn1ncc2c(NCC(C)C)nc(SC(C)C)nc21. The molecule has 9 nitrogen and oxygen atoms in total. The summed E-state index contributed by atoms with van der Waals surface area (Å²) in [7, 11) is 0. The minimum Gasteiger partial charge on any atom is -0.459 e. The van der Waals surface area contributed by atoms with E-state index in [4.69, 9.17) is 0 Å². The Morgan fingerprint density at radius 3 is 2.64 bits per heavy atom. The summed E-state index contributed by atoms with van der Waals surface area (Å²) in [6.45, 7) is 11.6. The first-order chi connectivity index (χ1) is 13.3. The Kier molecular flexibility index (Phi) is 8.04. The number of carbonyl (C=O) groups is 2. The van der Waals surface area contributed by atoms with Crippen LogP contribution in [0.4, 0.5) is 5.82 Å². The lowest BCUT2D eigenvalue weighted by molar-refractivity contribution is -0.154. The highest BCUT2D eigenvalue weighted by Gasteiger charge is 2.16. The van der Waals surface area contributed by atoms with Gasteiger partial charge in [-0.25, -0.2) is 19.4 Å². The first kappa shape index (κ1) is 21.9. The van der Waals surface area contributed by atoms with Crippen molar-refractivity contribution in [2.45, 2.75) is 51.6 Å². The van der Waals surface area contributed by atoms with Gasteiger partial charge in [0.05, 0.1) is 24.7 Å². The van der Waals surface area contributed by atoms with E-state index in [0.717, 1.165) is 17.7 Å². The summed E-state index contributed by atoms with van der Waals surface area (Å²) < 4.78 is 6.37. The minimum atomic E-state index is -0.883. The molecule has 0 fully saturated rings. The van der Waals surface area contributed by atoms with Crippen LogP contribution >= 0.6 is 11.8 Å². The van der Waals surface area contributed by atoms with Crippen LogP contribution in [0.15, 0.2) is 11.4 Å². The lowest BCUT2D eigenvalue weighted by Crippen LogP contribution is -2.34. The maximum Gasteiger partial charge on any atom is 0.396 e. The minimum absolute atomic E-state index is 0.162. The summed E-state index contributed by atoms with van der Waals surface area (Å²) >= 11 is 1.58. The molecule has 10 heteroatoms. The van der Waals surface area contributed by atoms with Crippen molar-refractivity contribution in [3.8, 4) is 0 Å². The first-order valence-electron chi connectivity index (χ1n) is 9.40. The average molecular weight is 409 g/mol. The van der Waals surface area contributed by atoms with Gasteiger partial charge < -0.3 is 15.4 Å².